The highest BCUT2D eigenvalue weighted by Crippen LogP contribution is 2.14. The number of amides is 1. The summed E-state index contributed by atoms with van der Waals surface area (Å²) in [6, 6.07) is 15.8. The zero-order valence-electron chi connectivity index (χ0n) is 15.9. The third kappa shape index (κ3) is 4.73. The Morgan fingerprint density at radius 2 is 1.85 bits per heavy atom. The summed E-state index contributed by atoms with van der Waals surface area (Å²) >= 11 is 0. The highest BCUT2D eigenvalue weighted by atomic mass is 16.5. The summed E-state index contributed by atoms with van der Waals surface area (Å²) in [6.07, 6.45) is 0.713. The van der Waals surface area contributed by atoms with E-state index in [0.29, 0.717) is 31.0 Å². The molecule has 140 valence electrons. The van der Waals surface area contributed by atoms with Gasteiger partial charge in [-0.15, -0.1) is 5.10 Å². The second-order valence-electron chi connectivity index (χ2n) is 6.55. The fourth-order valence-corrected chi connectivity index (χ4v) is 2.72. The van der Waals surface area contributed by atoms with Crippen LogP contribution in [0, 0.1) is 20.8 Å². The predicted octanol–water partition coefficient (Wildman–Crippen LogP) is 3.39. The monoisotopic (exact) mass is 364 g/mol. The number of carbonyl (C=O) groups excluding carboxylic acids is 1. The maximum Gasteiger partial charge on any atom is 0.273 e. The molecular weight excluding hydrogens is 340 g/mol. The van der Waals surface area contributed by atoms with Gasteiger partial charge in [0.05, 0.1) is 18.0 Å². The summed E-state index contributed by atoms with van der Waals surface area (Å²) in [5, 5.41) is 11.0. The maximum atomic E-state index is 12.4. The van der Waals surface area contributed by atoms with Gasteiger partial charge in [0.25, 0.3) is 5.91 Å². The van der Waals surface area contributed by atoms with E-state index >= 15 is 0 Å². The first kappa shape index (κ1) is 18.6. The molecule has 6 heteroatoms. The van der Waals surface area contributed by atoms with Gasteiger partial charge in [-0.1, -0.05) is 35.0 Å². The summed E-state index contributed by atoms with van der Waals surface area (Å²) < 4.78 is 7.36. The van der Waals surface area contributed by atoms with Crippen molar-refractivity contribution in [1.29, 1.82) is 0 Å². The molecule has 0 atom stereocenters. The number of hydrogen-bond acceptors (Lipinski definition) is 4. The van der Waals surface area contributed by atoms with Gasteiger partial charge < -0.3 is 10.1 Å². The molecule has 3 rings (SSSR count). The van der Waals surface area contributed by atoms with Gasteiger partial charge >= 0.3 is 0 Å². The van der Waals surface area contributed by atoms with Gasteiger partial charge in [0.1, 0.15) is 5.75 Å². The Kier molecular flexibility index (Phi) is 5.86. The molecule has 1 aromatic heterocycles. The van der Waals surface area contributed by atoms with Crippen molar-refractivity contribution in [3.8, 4) is 11.4 Å². The molecule has 1 amide bonds. The third-order valence-electron chi connectivity index (χ3n) is 4.25. The first-order valence-electron chi connectivity index (χ1n) is 9.01. The van der Waals surface area contributed by atoms with Crippen molar-refractivity contribution in [2.45, 2.75) is 27.2 Å². The van der Waals surface area contributed by atoms with Crippen LogP contribution < -0.4 is 10.1 Å². The molecule has 0 aliphatic carbocycles. The summed E-state index contributed by atoms with van der Waals surface area (Å²) in [4.78, 5) is 12.4. The van der Waals surface area contributed by atoms with E-state index in [2.05, 4.69) is 15.6 Å². The summed E-state index contributed by atoms with van der Waals surface area (Å²) in [5.41, 5.74) is 4.27. The molecule has 3 aromatic rings. The Labute approximate surface area is 159 Å². The number of ether oxygens (including phenoxy) is 1. The van der Waals surface area contributed by atoms with Crippen LogP contribution in [0.4, 0.5) is 0 Å². The molecule has 0 aliphatic rings. The second kappa shape index (κ2) is 8.49. The lowest BCUT2D eigenvalue weighted by atomic mass is 10.2. The van der Waals surface area contributed by atoms with Gasteiger partial charge in [0, 0.05) is 6.54 Å². The van der Waals surface area contributed by atoms with Crippen LogP contribution >= 0.6 is 0 Å². The molecule has 2 aromatic carbocycles. The van der Waals surface area contributed by atoms with Gasteiger partial charge in [-0.25, -0.2) is 4.68 Å². The van der Waals surface area contributed by atoms with Crippen LogP contribution in [0.5, 0.6) is 5.75 Å². The highest BCUT2D eigenvalue weighted by molar-refractivity contribution is 5.93. The molecule has 6 nitrogen and oxygen atoms in total. The smallest absolute Gasteiger partial charge is 0.273 e. The van der Waals surface area contributed by atoms with Crippen LogP contribution in [0.1, 0.15) is 33.7 Å². The van der Waals surface area contributed by atoms with Crippen molar-refractivity contribution < 1.29 is 9.53 Å². The molecule has 1 heterocycles. The Morgan fingerprint density at radius 3 is 2.59 bits per heavy atom. The minimum Gasteiger partial charge on any atom is -0.494 e. The maximum absolute atomic E-state index is 12.4. The Bertz CT molecular complexity index is 916. The zero-order valence-corrected chi connectivity index (χ0v) is 15.9. The van der Waals surface area contributed by atoms with Crippen molar-refractivity contribution in [2.24, 2.45) is 0 Å². The first-order chi connectivity index (χ1) is 13.0. The van der Waals surface area contributed by atoms with Gasteiger partial charge in [-0.05, 0) is 57.0 Å². The standard InChI is InChI=1S/C21H24N4O2/c1-15-8-10-18(11-9-15)25-17(3)20(23-24-25)21(26)22-12-5-13-27-19-7-4-6-16(2)14-19/h4,6-11,14H,5,12-13H2,1-3H3,(H,22,26). The van der Waals surface area contributed by atoms with Crippen molar-refractivity contribution in [1.82, 2.24) is 20.3 Å². The molecule has 0 aliphatic heterocycles. The Balaban J connectivity index is 1.50. The number of rotatable bonds is 7. The van der Waals surface area contributed by atoms with Crippen molar-refractivity contribution in [2.75, 3.05) is 13.2 Å². The van der Waals surface area contributed by atoms with E-state index in [0.717, 1.165) is 17.0 Å². The molecule has 0 bridgehead atoms. The van der Waals surface area contributed by atoms with Crippen LogP contribution in [0.15, 0.2) is 48.5 Å². The second-order valence-corrected chi connectivity index (χ2v) is 6.55. The van der Waals surface area contributed by atoms with E-state index in [4.69, 9.17) is 4.74 Å². The molecule has 0 radical (unpaired) electrons. The van der Waals surface area contributed by atoms with E-state index in [9.17, 15) is 4.79 Å². The van der Waals surface area contributed by atoms with Crippen LogP contribution in [0.25, 0.3) is 5.69 Å². The molecule has 0 saturated carbocycles. The zero-order chi connectivity index (χ0) is 19.2. The molecule has 0 spiro atoms. The molecular formula is C21H24N4O2. The topological polar surface area (TPSA) is 69.0 Å². The first-order valence-corrected chi connectivity index (χ1v) is 9.01. The number of nitrogens with zero attached hydrogens (tertiary/aromatic N) is 3. The summed E-state index contributed by atoms with van der Waals surface area (Å²) in [5.74, 6) is 0.625. The molecule has 0 saturated heterocycles. The van der Waals surface area contributed by atoms with E-state index in [-0.39, 0.29) is 5.91 Å². The predicted molar refractivity (Wildman–Crippen MR) is 104 cm³/mol. The third-order valence-corrected chi connectivity index (χ3v) is 4.25. The van der Waals surface area contributed by atoms with Crippen LogP contribution in [0.3, 0.4) is 0 Å². The Hall–Kier alpha value is -3.15. The number of hydrogen-bond donors (Lipinski definition) is 1. The molecule has 1 N–H and O–H groups in total. The largest absolute Gasteiger partial charge is 0.494 e. The van der Waals surface area contributed by atoms with E-state index < -0.39 is 0 Å². The van der Waals surface area contributed by atoms with Gasteiger partial charge in [0.2, 0.25) is 0 Å². The molecule has 0 fully saturated rings. The lowest BCUT2D eigenvalue weighted by Gasteiger charge is -2.08. The number of aryl methyl sites for hydroxylation is 2. The quantitative estimate of drug-likeness (QED) is 0.653. The average Bonchev–Trinajstić information content (AvgIpc) is 3.03. The molecule has 27 heavy (non-hydrogen) atoms. The summed E-state index contributed by atoms with van der Waals surface area (Å²) in [7, 11) is 0. The van der Waals surface area contributed by atoms with E-state index in [1.807, 2.05) is 69.3 Å². The van der Waals surface area contributed by atoms with E-state index in [1.165, 1.54) is 5.56 Å². The minimum atomic E-state index is -0.221. The number of carbonyl (C=O) groups is 1. The van der Waals surface area contributed by atoms with Gasteiger partial charge in [-0.3, -0.25) is 4.79 Å². The number of benzene rings is 2. The molecule has 0 unspecified atom stereocenters. The number of aromatic nitrogens is 3. The SMILES string of the molecule is Cc1ccc(-n2nnc(C(=O)NCCCOc3cccc(C)c3)c2C)cc1. The fraction of sp³-hybridized carbons (Fsp3) is 0.286. The Morgan fingerprint density at radius 1 is 1.07 bits per heavy atom. The highest BCUT2D eigenvalue weighted by Gasteiger charge is 2.16. The van der Waals surface area contributed by atoms with Crippen molar-refractivity contribution >= 4 is 5.91 Å². The van der Waals surface area contributed by atoms with Crippen LogP contribution in [0.2, 0.25) is 0 Å². The minimum absolute atomic E-state index is 0.221. The number of nitrogens with one attached hydrogen (secondary N) is 1. The van der Waals surface area contributed by atoms with Crippen LogP contribution in [-0.2, 0) is 0 Å². The lowest BCUT2D eigenvalue weighted by molar-refractivity contribution is 0.0946. The summed E-state index contributed by atoms with van der Waals surface area (Å²) in [6.45, 7) is 6.95. The average molecular weight is 364 g/mol. The van der Waals surface area contributed by atoms with Crippen LogP contribution in [-0.4, -0.2) is 34.1 Å². The van der Waals surface area contributed by atoms with Gasteiger partial charge in [-0.2, -0.15) is 0 Å². The fourth-order valence-electron chi connectivity index (χ4n) is 2.72. The van der Waals surface area contributed by atoms with Crippen molar-refractivity contribution in [3.05, 3.63) is 71.0 Å². The normalized spacial score (nSPS) is 10.6. The van der Waals surface area contributed by atoms with E-state index in [1.54, 1.807) is 4.68 Å². The van der Waals surface area contributed by atoms with Crippen molar-refractivity contribution in [3.63, 3.8) is 0 Å². The van der Waals surface area contributed by atoms with Gasteiger partial charge in [0.15, 0.2) is 5.69 Å². The lowest BCUT2D eigenvalue weighted by Crippen LogP contribution is -2.26.